The second-order valence-electron chi connectivity index (χ2n) is 4.75. The van der Waals surface area contributed by atoms with Crippen LogP contribution in [-0.2, 0) is 0 Å². The molecule has 0 aliphatic carbocycles. The number of anilines is 1. The predicted octanol–water partition coefficient (Wildman–Crippen LogP) is 2.97. The number of benzene rings is 1. The Morgan fingerprint density at radius 3 is 2.85 bits per heavy atom. The Morgan fingerprint density at radius 1 is 1.30 bits per heavy atom. The highest BCUT2D eigenvalue weighted by molar-refractivity contribution is 7.16. The molecule has 0 aliphatic heterocycles. The number of fused-ring (bicyclic) bond motifs is 1. The number of carbonyl (C=O) groups excluding carboxylic acids is 1. The molecule has 102 valence electrons. The number of carbonyl (C=O) groups is 1. The van der Waals surface area contributed by atoms with Gasteiger partial charge in [0.25, 0.3) is 5.91 Å². The summed E-state index contributed by atoms with van der Waals surface area (Å²) >= 11 is 1.46. The summed E-state index contributed by atoms with van der Waals surface area (Å²) in [6.07, 6.45) is 1.65. The van der Waals surface area contributed by atoms with Crippen LogP contribution in [0.2, 0.25) is 0 Å². The number of nitrogens with one attached hydrogen (secondary N) is 1. The normalized spacial score (nSPS) is 10.9. The van der Waals surface area contributed by atoms with Crippen molar-refractivity contribution in [3.63, 3.8) is 0 Å². The Labute approximate surface area is 120 Å². The minimum Gasteiger partial charge on any atom is -0.320 e. The van der Waals surface area contributed by atoms with Gasteiger partial charge in [0.2, 0.25) is 4.96 Å². The molecule has 2 aromatic heterocycles. The average Bonchev–Trinajstić information content (AvgIpc) is 2.91. The first-order chi connectivity index (χ1) is 9.52. The lowest BCUT2D eigenvalue weighted by Crippen LogP contribution is -2.13. The number of aromatic nitrogens is 3. The van der Waals surface area contributed by atoms with E-state index in [4.69, 9.17) is 0 Å². The van der Waals surface area contributed by atoms with E-state index in [1.54, 1.807) is 10.7 Å². The molecule has 1 N–H and O–H groups in total. The first-order valence-electron chi connectivity index (χ1n) is 6.24. The number of aryl methyl sites for hydroxylation is 3. The lowest BCUT2D eigenvalue weighted by molar-refractivity contribution is 0.102. The standard InChI is InChI=1S/C14H14N4OS/c1-8-4-5-9(2)11(6-8)15-13(19)12-7-18-14(16-12)20-10(3)17-18/h4-7H,1-3H3,(H,15,19). The Bertz CT molecular complexity index is 771. The van der Waals surface area contributed by atoms with Crippen molar-refractivity contribution < 1.29 is 4.79 Å². The molecule has 0 aliphatic rings. The van der Waals surface area contributed by atoms with Crippen LogP contribution in [0.3, 0.4) is 0 Å². The molecule has 6 heteroatoms. The van der Waals surface area contributed by atoms with Crippen molar-refractivity contribution in [1.29, 1.82) is 0 Å². The zero-order valence-corrected chi connectivity index (χ0v) is 12.3. The van der Waals surface area contributed by atoms with Crippen LogP contribution in [0.4, 0.5) is 5.69 Å². The molecule has 20 heavy (non-hydrogen) atoms. The fourth-order valence-electron chi connectivity index (χ4n) is 1.97. The Balaban J connectivity index is 1.88. The second kappa shape index (κ2) is 4.72. The molecule has 0 saturated heterocycles. The summed E-state index contributed by atoms with van der Waals surface area (Å²) in [6.45, 7) is 5.87. The quantitative estimate of drug-likeness (QED) is 0.788. The van der Waals surface area contributed by atoms with Crippen molar-refractivity contribution in [2.45, 2.75) is 20.8 Å². The summed E-state index contributed by atoms with van der Waals surface area (Å²) in [5, 5.41) is 8.07. The number of imidazole rings is 1. The van der Waals surface area contributed by atoms with E-state index in [0.717, 1.165) is 26.8 Å². The van der Waals surface area contributed by atoms with Crippen LogP contribution in [0.15, 0.2) is 24.4 Å². The minimum atomic E-state index is -0.214. The fraction of sp³-hybridized carbons (Fsp3) is 0.214. The Morgan fingerprint density at radius 2 is 2.10 bits per heavy atom. The molecule has 1 aromatic carbocycles. The van der Waals surface area contributed by atoms with E-state index in [1.165, 1.54) is 11.3 Å². The summed E-state index contributed by atoms with van der Waals surface area (Å²) in [7, 11) is 0. The van der Waals surface area contributed by atoms with E-state index >= 15 is 0 Å². The zero-order valence-electron chi connectivity index (χ0n) is 11.5. The average molecular weight is 286 g/mol. The van der Waals surface area contributed by atoms with Gasteiger partial charge < -0.3 is 5.32 Å². The fourth-order valence-corrected chi connectivity index (χ4v) is 2.69. The molecule has 0 spiro atoms. The molecular formula is C14H14N4OS. The lowest BCUT2D eigenvalue weighted by atomic mass is 10.1. The molecule has 3 rings (SSSR count). The van der Waals surface area contributed by atoms with Crippen LogP contribution in [0.5, 0.6) is 0 Å². The highest BCUT2D eigenvalue weighted by Gasteiger charge is 2.14. The van der Waals surface area contributed by atoms with Gasteiger partial charge in [0.1, 0.15) is 10.7 Å². The van der Waals surface area contributed by atoms with Gasteiger partial charge in [0.05, 0.1) is 6.20 Å². The van der Waals surface area contributed by atoms with Gasteiger partial charge in [0, 0.05) is 5.69 Å². The van der Waals surface area contributed by atoms with Crippen molar-refractivity contribution >= 4 is 27.9 Å². The first-order valence-corrected chi connectivity index (χ1v) is 7.06. The van der Waals surface area contributed by atoms with Gasteiger partial charge in [-0.1, -0.05) is 23.5 Å². The van der Waals surface area contributed by atoms with Crippen molar-refractivity contribution in [2.24, 2.45) is 0 Å². The molecule has 0 radical (unpaired) electrons. The maximum absolute atomic E-state index is 12.2. The third-order valence-electron chi connectivity index (χ3n) is 3.02. The third-order valence-corrected chi connectivity index (χ3v) is 3.86. The van der Waals surface area contributed by atoms with Crippen LogP contribution in [0.1, 0.15) is 26.6 Å². The van der Waals surface area contributed by atoms with E-state index in [9.17, 15) is 4.79 Å². The summed E-state index contributed by atoms with van der Waals surface area (Å²) in [5.41, 5.74) is 3.33. The first kappa shape index (κ1) is 12.8. The number of hydrogen-bond donors (Lipinski definition) is 1. The zero-order chi connectivity index (χ0) is 14.3. The minimum absolute atomic E-state index is 0.214. The van der Waals surface area contributed by atoms with Crippen molar-refractivity contribution in [3.8, 4) is 0 Å². The third kappa shape index (κ3) is 2.30. The monoisotopic (exact) mass is 286 g/mol. The summed E-state index contributed by atoms with van der Waals surface area (Å²) in [6, 6.07) is 5.96. The molecule has 2 heterocycles. The number of rotatable bonds is 2. The molecule has 0 saturated carbocycles. The van der Waals surface area contributed by atoms with E-state index in [-0.39, 0.29) is 5.91 Å². The van der Waals surface area contributed by atoms with Gasteiger partial charge in [-0.15, -0.1) is 0 Å². The molecular weight excluding hydrogens is 272 g/mol. The van der Waals surface area contributed by atoms with Crippen molar-refractivity contribution in [2.75, 3.05) is 5.32 Å². The highest BCUT2D eigenvalue weighted by Crippen LogP contribution is 2.18. The molecule has 0 atom stereocenters. The number of nitrogens with zero attached hydrogens (tertiary/aromatic N) is 3. The largest absolute Gasteiger partial charge is 0.320 e. The summed E-state index contributed by atoms with van der Waals surface area (Å²) in [4.78, 5) is 17.2. The van der Waals surface area contributed by atoms with Crippen LogP contribution in [0.25, 0.3) is 4.96 Å². The van der Waals surface area contributed by atoms with E-state index in [0.29, 0.717) is 5.69 Å². The molecule has 5 nitrogen and oxygen atoms in total. The van der Waals surface area contributed by atoms with Gasteiger partial charge >= 0.3 is 0 Å². The molecule has 0 unspecified atom stereocenters. The van der Waals surface area contributed by atoms with Crippen LogP contribution < -0.4 is 5.32 Å². The van der Waals surface area contributed by atoms with Crippen LogP contribution in [0, 0.1) is 20.8 Å². The molecule has 0 bridgehead atoms. The van der Waals surface area contributed by atoms with Crippen LogP contribution in [-0.4, -0.2) is 20.5 Å². The van der Waals surface area contributed by atoms with Gasteiger partial charge in [-0.25, -0.2) is 9.50 Å². The van der Waals surface area contributed by atoms with Gasteiger partial charge in [0.15, 0.2) is 0 Å². The van der Waals surface area contributed by atoms with E-state index in [1.807, 2.05) is 39.0 Å². The second-order valence-corrected chi connectivity index (χ2v) is 5.91. The topological polar surface area (TPSA) is 59.3 Å². The van der Waals surface area contributed by atoms with E-state index in [2.05, 4.69) is 15.4 Å². The molecule has 3 aromatic rings. The number of amides is 1. The van der Waals surface area contributed by atoms with Gasteiger partial charge in [-0.3, -0.25) is 4.79 Å². The van der Waals surface area contributed by atoms with Crippen LogP contribution >= 0.6 is 11.3 Å². The van der Waals surface area contributed by atoms with Gasteiger partial charge in [-0.05, 0) is 38.0 Å². The van der Waals surface area contributed by atoms with Gasteiger partial charge in [-0.2, -0.15) is 5.10 Å². The lowest BCUT2D eigenvalue weighted by Gasteiger charge is -2.07. The van der Waals surface area contributed by atoms with Crippen molar-refractivity contribution in [3.05, 3.63) is 46.2 Å². The molecule has 1 amide bonds. The maximum Gasteiger partial charge on any atom is 0.275 e. The molecule has 0 fully saturated rings. The smallest absolute Gasteiger partial charge is 0.275 e. The van der Waals surface area contributed by atoms with E-state index < -0.39 is 0 Å². The Kier molecular flexibility index (Phi) is 3.02. The Hall–Kier alpha value is -2.21. The summed E-state index contributed by atoms with van der Waals surface area (Å²) in [5.74, 6) is -0.214. The predicted molar refractivity (Wildman–Crippen MR) is 79.5 cm³/mol. The SMILES string of the molecule is Cc1ccc(C)c(NC(=O)c2cn3nc(C)sc3n2)c1. The number of hydrogen-bond acceptors (Lipinski definition) is 4. The highest BCUT2D eigenvalue weighted by atomic mass is 32.1. The summed E-state index contributed by atoms with van der Waals surface area (Å²) < 4.78 is 1.64. The maximum atomic E-state index is 12.2. The van der Waals surface area contributed by atoms with Crippen molar-refractivity contribution in [1.82, 2.24) is 14.6 Å².